The number of amides is 2. The molecular weight excluding hydrogens is 276 g/mol. The SMILES string of the molecule is NC(=O)CC[C@H](NC(=O)/C=C/c1ccc(O)cc1)C(=O)O. The van der Waals surface area contributed by atoms with Gasteiger partial charge in [0.1, 0.15) is 11.8 Å². The topological polar surface area (TPSA) is 130 Å². The number of rotatable bonds is 7. The van der Waals surface area contributed by atoms with Crippen LogP contribution in [0.2, 0.25) is 0 Å². The molecule has 0 aliphatic carbocycles. The predicted octanol–water partition coefficient (Wildman–Crippen LogP) is 0.240. The summed E-state index contributed by atoms with van der Waals surface area (Å²) in [6.45, 7) is 0. The smallest absolute Gasteiger partial charge is 0.326 e. The van der Waals surface area contributed by atoms with Crippen LogP contribution < -0.4 is 11.1 Å². The average Bonchev–Trinajstić information content (AvgIpc) is 2.42. The number of hydrogen-bond acceptors (Lipinski definition) is 4. The maximum Gasteiger partial charge on any atom is 0.326 e. The molecule has 0 saturated carbocycles. The van der Waals surface area contributed by atoms with Crippen LogP contribution in [0, 0.1) is 0 Å². The number of aliphatic carboxylic acids is 1. The van der Waals surface area contributed by atoms with Crippen LogP contribution in [-0.2, 0) is 14.4 Å². The first-order valence-electron chi connectivity index (χ1n) is 6.17. The fraction of sp³-hybridized carbons (Fsp3) is 0.214. The Kier molecular flexibility index (Phi) is 5.94. The van der Waals surface area contributed by atoms with Crippen LogP contribution in [0.1, 0.15) is 18.4 Å². The van der Waals surface area contributed by atoms with E-state index in [0.29, 0.717) is 5.56 Å². The minimum atomic E-state index is -1.23. The first-order chi connectivity index (χ1) is 9.88. The van der Waals surface area contributed by atoms with E-state index in [2.05, 4.69) is 5.32 Å². The van der Waals surface area contributed by atoms with Crippen LogP contribution in [0.15, 0.2) is 30.3 Å². The molecule has 1 aromatic carbocycles. The second-order valence-corrected chi connectivity index (χ2v) is 4.33. The number of phenolic OH excluding ortho intramolecular Hbond substituents is 1. The zero-order valence-electron chi connectivity index (χ0n) is 11.2. The number of benzene rings is 1. The van der Waals surface area contributed by atoms with Gasteiger partial charge in [-0.2, -0.15) is 0 Å². The zero-order valence-corrected chi connectivity index (χ0v) is 11.2. The highest BCUT2D eigenvalue weighted by Crippen LogP contribution is 2.10. The van der Waals surface area contributed by atoms with Crippen LogP contribution in [0.3, 0.4) is 0 Å². The summed E-state index contributed by atoms with van der Waals surface area (Å²) in [6, 6.07) is 4.95. The molecule has 0 fully saturated rings. The molecule has 1 rings (SSSR count). The van der Waals surface area contributed by atoms with Gasteiger partial charge in [-0.3, -0.25) is 9.59 Å². The molecule has 0 aliphatic heterocycles. The van der Waals surface area contributed by atoms with E-state index in [4.69, 9.17) is 15.9 Å². The van der Waals surface area contributed by atoms with Gasteiger partial charge in [-0.1, -0.05) is 12.1 Å². The van der Waals surface area contributed by atoms with Crippen molar-refractivity contribution in [1.29, 1.82) is 0 Å². The van der Waals surface area contributed by atoms with Gasteiger partial charge in [0, 0.05) is 12.5 Å². The predicted molar refractivity (Wildman–Crippen MR) is 75.1 cm³/mol. The molecule has 0 radical (unpaired) electrons. The maximum atomic E-state index is 11.6. The Labute approximate surface area is 121 Å². The molecule has 2 amide bonds. The van der Waals surface area contributed by atoms with Gasteiger partial charge in [0.2, 0.25) is 11.8 Å². The molecule has 112 valence electrons. The van der Waals surface area contributed by atoms with E-state index in [1.165, 1.54) is 24.3 Å². The van der Waals surface area contributed by atoms with Gasteiger partial charge in [-0.25, -0.2) is 4.79 Å². The van der Waals surface area contributed by atoms with Crippen molar-refractivity contribution in [2.45, 2.75) is 18.9 Å². The van der Waals surface area contributed by atoms with Crippen molar-refractivity contribution in [2.75, 3.05) is 0 Å². The van der Waals surface area contributed by atoms with E-state index in [-0.39, 0.29) is 18.6 Å². The standard InChI is InChI=1S/C14H16N2O5/c15-12(18)7-6-11(14(20)21)16-13(19)8-3-9-1-4-10(17)5-2-9/h1-5,8,11,17H,6-7H2,(H2,15,18)(H,16,19)(H,20,21)/b8-3+/t11-/m0/s1. The molecule has 21 heavy (non-hydrogen) atoms. The minimum Gasteiger partial charge on any atom is -0.508 e. The summed E-state index contributed by atoms with van der Waals surface area (Å²) in [4.78, 5) is 33.2. The number of hydrogen-bond donors (Lipinski definition) is 4. The van der Waals surface area contributed by atoms with Gasteiger partial charge < -0.3 is 21.3 Å². The van der Waals surface area contributed by atoms with Crippen LogP contribution in [0.5, 0.6) is 5.75 Å². The highest BCUT2D eigenvalue weighted by Gasteiger charge is 2.19. The number of aromatic hydroxyl groups is 1. The summed E-state index contributed by atoms with van der Waals surface area (Å²) in [5.41, 5.74) is 5.61. The molecule has 0 bridgehead atoms. The monoisotopic (exact) mass is 292 g/mol. The third kappa shape index (κ3) is 6.24. The van der Waals surface area contributed by atoms with Gasteiger partial charge in [-0.15, -0.1) is 0 Å². The number of primary amides is 1. The lowest BCUT2D eigenvalue weighted by Crippen LogP contribution is -2.40. The van der Waals surface area contributed by atoms with Crippen molar-refractivity contribution >= 4 is 23.9 Å². The van der Waals surface area contributed by atoms with E-state index in [1.54, 1.807) is 12.1 Å². The summed E-state index contributed by atoms with van der Waals surface area (Å²) in [6.07, 6.45) is 2.46. The number of nitrogens with two attached hydrogens (primary N) is 1. The van der Waals surface area contributed by atoms with Gasteiger partial charge in [0.15, 0.2) is 0 Å². The molecule has 1 aromatic rings. The van der Waals surface area contributed by atoms with Crippen molar-refractivity contribution in [1.82, 2.24) is 5.32 Å². The van der Waals surface area contributed by atoms with E-state index in [0.717, 1.165) is 0 Å². The van der Waals surface area contributed by atoms with Crippen molar-refractivity contribution < 1.29 is 24.6 Å². The fourth-order valence-corrected chi connectivity index (χ4v) is 1.52. The average molecular weight is 292 g/mol. The number of carboxylic acid groups (broad SMARTS) is 1. The van der Waals surface area contributed by atoms with Gasteiger partial charge in [-0.05, 0) is 30.2 Å². The minimum absolute atomic E-state index is 0.0660. The number of carboxylic acids is 1. The third-order valence-electron chi connectivity index (χ3n) is 2.61. The molecule has 0 saturated heterocycles. The van der Waals surface area contributed by atoms with Crippen LogP contribution in [-0.4, -0.2) is 34.0 Å². The van der Waals surface area contributed by atoms with Crippen LogP contribution in [0.4, 0.5) is 0 Å². The second kappa shape index (κ2) is 7.68. The number of carbonyl (C=O) groups excluding carboxylic acids is 2. The van der Waals surface area contributed by atoms with Gasteiger partial charge in [0.25, 0.3) is 0 Å². The Morgan fingerprint density at radius 2 is 1.86 bits per heavy atom. The normalized spacial score (nSPS) is 12.0. The lowest BCUT2D eigenvalue weighted by Gasteiger charge is -2.11. The summed E-state index contributed by atoms with van der Waals surface area (Å²) in [5, 5.41) is 20.3. The lowest BCUT2D eigenvalue weighted by molar-refractivity contribution is -0.141. The molecule has 1 atom stereocenters. The molecule has 0 heterocycles. The molecule has 0 spiro atoms. The largest absolute Gasteiger partial charge is 0.508 e. The molecule has 0 unspecified atom stereocenters. The Bertz CT molecular complexity index is 551. The van der Waals surface area contributed by atoms with E-state index in [9.17, 15) is 14.4 Å². The Morgan fingerprint density at radius 3 is 2.38 bits per heavy atom. The maximum absolute atomic E-state index is 11.6. The second-order valence-electron chi connectivity index (χ2n) is 4.33. The van der Waals surface area contributed by atoms with Crippen LogP contribution in [0.25, 0.3) is 6.08 Å². The van der Waals surface area contributed by atoms with Crippen molar-refractivity contribution in [2.24, 2.45) is 5.73 Å². The Hall–Kier alpha value is -2.83. The molecule has 7 nitrogen and oxygen atoms in total. The Morgan fingerprint density at radius 1 is 1.24 bits per heavy atom. The number of nitrogens with one attached hydrogen (secondary N) is 1. The van der Waals surface area contributed by atoms with Crippen molar-refractivity contribution in [3.05, 3.63) is 35.9 Å². The number of carbonyl (C=O) groups is 3. The first-order valence-corrected chi connectivity index (χ1v) is 6.17. The van der Waals surface area contributed by atoms with Gasteiger partial charge >= 0.3 is 5.97 Å². The van der Waals surface area contributed by atoms with Gasteiger partial charge in [0.05, 0.1) is 0 Å². The van der Waals surface area contributed by atoms with Crippen LogP contribution >= 0.6 is 0 Å². The summed E-state index contributed by atoms with van der Waals surface area (Å²) >= 11 is 0. The fourth-order valence-electron chi connectivity index (χ4n) is 1.52. The van der Waals surface area contributed by atoms with E-state index in [1.807, 2.05) is 0 Å². The summed E-state index contributed by atoms with van der Waals surface area (Å²) in [7, 11) is 0. The molecule has 5 N–H and O–H groups in total. The molecule has 0 aromatic heterocycles. The van der Waals surface area contributed by atoms with E-state index >= 15 is 0 Å². The van der Waals surface area contributed by atoms with Crippen molar-refractivity contribution in [3.8, 4) is 5.75 Å². The summed E-state index contributed by atoms with van der Waals surface area (Å²) < 4.78 is 0. The lowest BCUT2D eigenvalue weighted by atomic mass is 10.1. The highest BCUT2D eigenvalue weighted by molar-refractivity contribution is 5.94. The molecular formula is C14H16N2O5. The highest BCUT2D eigenvalue weighted by atomic mass is 16.4. The zero-order chi connectivity index (χ0) is 15.8. The van der Waals surface area contributed by atoms with Crippen molar-refractivity contribution in [3.63, 3.8) is 0 Å². The quantitative estimate of drug-likeness (QED) is 0.535. The first kappa shape index (κ1) is 16.2. The molecule has 0 aliphatic rings. The molecule has 7 heteroatoms. The summed E-state index contributed by atoms with van der Waals surface area (Å²) in [5.74, 6) is -2.35. The number of phenols is 1. The van der Waals surface area contributed by atoms with E-state index < -0.39 is 23.8 Å². The Balaban J connectivity index is 2.59. The third-order valence-corrected chi connectivity index (χ3v) is 2.61.